The molecule has 3 rings (SSSR count). The third kappa shape index (κ3) is 3.73. The largest absolute Gasteiger partial charge is 0.494 e. The zero-order chi connectivity index (χ0) is 19.8. The molecule has 0 atom stereocenters. The Hall–Kier alpha value is -3.05. The van der Waals surface area contributed by atoms with Crippen LogP contribution in [0.2, 0.25) is 0 Å². The Morgan fingerprint density at radius 2 is 2.00 bits per heavy atom. The lowest BCUT2D eigenvalue weighted by Gasteiger charge is -2.06. The number of nitrogens with zero attached hydrogens (tertiary/aromatic N) is 2. The number of carbonyl (C=O) groups excluding carboxylic acids is 1. The van der Waals surface area contributed by atoms with Crippen LogP contribution in [0.4, 0.5) is 10.8 Å². The van der Waals surface area contributed by atoms with E-state index in [1.165, 1.54) is 37.4 Å². The number of carbonyl (C=O) groups is 1. The normalized spacial score (nSPS) is 11.3. The van der Waals surface area contributed by atoms with E-state index in [2.05, 4.69) is 10.3 Å². The van der Waals surface area contributed by atoms with Crippen LogP contribution in [0.3, 0.4) is 0 Å². The Morgan fingerprint density at radius 3 is 2.63 bits per heavy atom. The fraction of sp³-hybridized carbons (Fsp3) is 0.125. The molecule has 1 amide bonds. The molecule has 2 aromatic carbocycles. The highest BCUT2D eigenvalue weighted by Crippen LogP contribution is 2.36. The minimum Gasteiger partial charge on any atom is -0.494 e. The molecule has 0 unspecified atom stereocenters. The number of amides is 1. The van der Waals surface area contributed by atoms with Gasteiger partial charge in [0.25, 0.3) is 11.6 Å². The Labute approximate surface area is 157 Å². The van der Waals surface area contributed by atoms with Crippen molar-refractivity contribution in [1.82, 2.24) is 4.98 Å². The molecular formula is C16H13N3O6S2. The van der Waals surface area contributed by atoms with Crippen LogP contribution in [0.25, 0.3) is 10.2 Å². The van der Waals surface area contributed by atoms with Crippen molar-refractivity contribution >= 4 is 48.1 Å². The number of benzene rings is 2. The molecule has 140 valence electrons. The van der Waals surface area contributed by atoms with Crippen molar-refractivity contribution in [3.8, 4) is 5.75 Å². The topological polar surface area (TPSA) is 128 Å². The summed E-state index contributed by atoms with van der Waals surface area (Å²) in [5.74, 6) is -0.448. The lowest BCUT2D eigenvalue weighted by atomic mass is 10.2. The van der Waals surface area contributed by atoms with E-state index in [-0.39, 0.29) is 27.0 Å². The van der Waals surface area contributed by atoms with E-state index in [0.717, 1.165) is 17.6 Å². The minimum absolute atomic E-state index is 0.0165. The number of rotatable bonds is 5. The number of nitro benzene ring substituents is 1. The number of nitrogens with one attached hydrogen (secondary N) is 1. The van der Waals surface area contributed by atoms with Crippen molar-refractivity contribution < 1.29 is 22.9 Å². The maximum Gasteiger partial charge on any atom is 0.274 e. The Kier molecular flexibility index (Phi) is 4.81. The highest BCUT2D eigenvalue weighted by Gasteiger charge is 2.21. The number of anilines is 1. The summed E-state index contributed by atoms with van der Waals surface area (Å²) in [5, 5.41) is 13.7. The number of nitro groups is 1. The SMILES string of the molecule is COc1cc([N+](=O)[O-])cc2sc(NC(=O)c3ccccc3S(C)(=O)=O)nc12. The van der Waals surface area contributed by atoms with Gasteiger partial charge >= 0.3 is 0 Å². The third-order valence-corrected chi connectivity index (χ3v) is 5.70. The molecule has 0 aliphatic heterocycles. The molecule has 0 radical (unpaired) electrons. The summed E-state index contributed by atoms with van der Waals surface area (Å²) >= 11 is 1.02. The number of sulfone groups is 1. The Morgan fingerprint density at radius 1 is 1.30 bits per heavy atom. The van der Waals surface area contributed by atoms with Crippen LogP contribution in [-0.4, -0.2) is 37.6 Å². The molecule has 0 saturated carbocycles. The van der Waals surface area contributed by atoms with Gasteiger partial charge in [0.15, 0.2) is 20.7 Å². The molecule has 0 fully saturated rings. The fourth-order valence-corrected chi connectivity index (χ4v) is 4.24. The molecule has 1 N–H and O–H groups in total. The van der Waals surface area contributed by atoms with Crippen molar-refractivity contribution in [2.24, 2.45) is 0 Å². The molecule has 11 heteroatoms. The standard InChI is InChI=1S/C16H13N3O6S2/c1-25-11-7-9(19(21)22)8-12-14(11)17-16(26-12)18-15(20)10-5-3-4-6-13(10)27(2,23)24/h3-8H,1-2H3,(H,17,18,20). The maximum absolute atomic E-state index is 12.5. The summed E-state index contributed by atoms with van der Waals surface area (Å²) < 4.78 is 29.3. The smallest absolute Gasteiger partial charge is 0.274 e. The van der Waals surface area contributed by atoms with Crippen LogP contribution in [-0.2, 0) is 9.84 Å². The highest BCUT2D eigenvalue weighted by molar-refractivity contribution is 7.90. The van der Waals surface area contributed by atoms with Crippen molar-refractivity contribution in [2.45, 2.75) is 4.90 Å². The minimum atomic E-state index is -3.59. The Bertz CT molecular complexity index is 1170. The van der Waals surface area contributed by atoms with Gasteiger partial charge < -0.3 is 4.74 Å². The van der Waals surface area contributed by atoms with Gasteiger partial charge in [-0.3, -0.25) is 20.2 Å². The number of hydrogen-bond acceptors (Lipinski definition) is 8. The monoisotopic (exact) mass is 407 g/mol. The van der Waals surface area contributed by atoms with E-state index < -0.39 is 20.7 Å². The summed E-state index contributed by atoms with van der Waals surface area (Å²) in [4.78, 5) is 27.1. The van der Waals surface area contributed by atoms with E-state index in [4.69, 9.17) is 4.74 Å². The molecule has 9 nitrogen and oxygen atoms in total. The van der Waals surface area contributed by atoms with Crippen LogP contribution < -0.4 is 10.1 Å². The molecule has 0 bridgehead atoms. The summed E-state index contributed by atoms with van der Waals surface area (Å²) in [7, 11) is -2.23. The van der Waals surface area contributed by atoms with Gasteiger partial charge in [-0.25, -0.2) is 13.4 Å². The molecule has 27 heavy (non-hydrogen) atoms. The van der Waals surface area contributed by atoms with Gasteiger partial charge in [0.05, 0.1) is 33.3 Å². The third-order valence-electron chi connectivity index (χ3n) is 3.63. The number of aromatic nitrogens is 1. The van der Waals surface area contributed by atoms with Crippen LogP contribution in [0, 0.1) is 10.1 Å². The molecule has 1 aromatic heterocycles. The maximum atomic E-state index is 12.5. The van der Waals surface area contributed by atoms with Gasteiger partial charge in [0, 0.05) is 12.3 Å². The molecule has 1 heterocycles. The second-order valence-corrected chi connectivity index (χ2v) is 8.51. The average molecular weight is 407 g/mol. The van der Waals surface area contributed by atoms with E-state index >= 15 is 0 Å². The molecule has 0 aliphatic carbocycles. The molecule has 0 spiro atoms. The lowest BCUT2D eigenvalue weighted by Crippen LogP contribution is -2.15. The van der Waals surface area contributed by atoms with Gasteiger partial charge in [-0.1, -0.05) is 23.5 Å². The van der Waals surface area contributed by atoms with E-state index in [0.29, 0.717) is 10.2 Å². The lowest BCUT2D eigenvalue weighted by molar-refractivity contribution is -0.384. The number of hydrogen-bond donors (Lipinski definition) is 1. The number of non-ortho nitro benzene ring substituents is 1. The van der Waals surface area contributed by atoms with Crippen molar-refractivity contribution in [1.29, 1.82) is 0 Å². The van der Waals surface area contributed by atoms with Gasteiger partial charge in [-0.2, -0.15) is 0 Å². The summed E-state index contributed by atoms with van der Waals surface area (Å²) in [6.45, 7) is 0. The average Bonchev–Trinajstić information content (AvgIpc) is 3.02. The number of methoxy groups -OCH3 is 1. The second-order valence-electron chi connectivity index (χ2n) is 5.49. The Balaban J connectivity index is 2.01. The summed E-state index contributed by atoms with van der Waals surface area (Å²) in [6.07, 6.45) is 1.01. The first kappa shape index (κ1) is 18.7. The molecule has 3 aromatic rings. The zero-order valence-corrected chi connectivity index (χ0v) is 15.8. The van der Waals surface area contributed by atoms with E-state index in [1.807, 2.05) is 0 Å². The quantitative estimate of drug-likeness (QED) is 0.508. The molecular weight excluding hydrogens is 394 g/mol. The van der Waals surface area contributed by atoms with E-state index in [9.17, 15) is 23.3 Å². The first-order chi connectivity index (χ1) is 12.7. The van der Waals surface area contributed by atoms with Crippen molar-refractivity contribution in [3.63, 3.8) is 0 Å². The first-order valence-electron chi connectivity index (χ1n) is 7.44. The van der Waals surface area contributed by atoms with Gasteiger partial charge in [0.1, 0.15) is 5.52 Å². The van der Waals surface area contributed by atoms with Crippen LogP contribution >= 0.6 is 11.3 Å². The van der Waals surface area contributed by atoms with Crippen LogP contribution in [0.1, 0.15) is 10.4 Å². The zero-order valence-electron chi connectivity index (χ0n) is 14.1. The number of thiazole rings is 1. The fourth-order valence-electron chi connectivity index (χ4n) is 2.44. The van der Waals surface area contributed by atoms with E-state index in [1.54, 1.807) is 6.07 Å². The number of ether oxygens (including phenoxy) is 1. The second kappa shape index (κ2) is 6.93. The summed E-state index contributed by atoms with van der Waals surface area (Å²) in [6, 6.07) is 8.38. The predicted molar refractivity (Wildman–Crippen MR) is 100 cm³/mol. The first-order valence-corrected chi connectivity index (χ1v) is 10.1. The van der Waals surface area contributed by atoms with Crippen LogP contribution in [0.5, 0.6) is 5.75 Å². The van der Waals surface area contributed by atoms with Gasteiger partial charge in [0.2, 0.25) is 0 Å². The number of fused-ring (bicyclic) bond motifs is 1. The van der Waals surface area contributed by atoms with Crippen LogP contribution in [0.15, 0.2) is 41.3 Å². The highest BCUT2D eigenvalue weighted by atomic mass is 32.2. The van der Waals surface area contributed by atoms with Gasteiger partial charge in [-0.15, -0.1) is 0 Å². The van der Waals surface area contributed by atoms with Crippen molar-refractivity contribution in [3.05, 3.63) is 52.1 Å². The van der Waals surface area contributed by atoms with Gasteiger partial charge in [-0.05, 0) is 12.1 Å². The predicted octanol–water partition coefficient (Wildman–Crippen LogP) is 2.87. The molecule has 0 aliphatic rings. The summed E-state index contributed by atoms with van der Waals surface area (Å²) in [5.41, 5.74) is 0.181. The van der Waals surface area contributed by atoms with Crippen molar-refractivity contribution in [2.75, 3.05) is 18.7 Å². The molecule has 0 saturated heterocycles.